The van der Waals surface area contributed by atoms with Crippen molar-refractivity contribution in [2.75, 3.05) is 31.5 Å². The van der Waals surface area contributed by atoms with Gasteiger partial charge in [-0.1, -0.05) is 11.6 Å². The van der Waals surface area contributed by atoms with E-state index >= 15 is 0 Å². The van der Waals surface area contributed by atoms with Crippen LogP contribution < -0.4 is 10.6 Å². The Morgan fingerprint density at radius 1 is 1.10 bits per heavy atom. The lowest BCUT2D eigenvalue weighted by molar-refractivity contribution is -0.141. The molecule has 0 atom stereocenters. The van der Waals surface area contributed by atoms with E-state index in [9.17, 15) is 18.0 Å². The van der Waals surface area contributed by atoms with Gasteiger partial charge in [-0.05, 0) is 18.2 Å². The maximum Gasteiger partial charge on any atom is 0.435 e. The van der Waals surface area contributed by atoms with Crippen molar-refractivity contribution < 1.29 is 18.0 Å². The molecule has 4 aromatic heterocycles. The van der Waals surface area contributed by atoms with Crippen LogP contribution in [0, 0.1) is 0 Å². The van der Waals surface area contributed by atoms with Crippen LogP contribution >= 0.6 is 11.6 Å². The molecule has 5 aromatic rings. The van der Waals surface area contributed by atoms with E-state index in [1.54, 1.807) is 23.1 Å². The minimum absolute atomic E-state index is 0.0585. The first-order chi connectivity index (χ1) is 19.8. The van der Waals surface area contributed by atoms with Gasteiger partial charge in [0.05, 0.1) is 34.6 Å². The van der Waals surface area contributed by atoms with Gasteiger partial charge in [0.1, 0.15) is 6.33 Å². The first-order valence-electron chi connectivity index (χ1n) is 12.6. The van der Waals surface area contributed by atoms with Gasteiger partial charge in [-0.3, -0.25) is 13.9 Å². The fourth-order valence-corrected chi connectivity index (χ4v) is 4.91. The number of alkyl halides is 3. The van der Waals surface area contributed by atoms with Gasteiger partial charge in [0, 0.05) is 68.4 Å². The number of carbonyl (C=O) groups is 1. The van der Waals surface area contributed by atoms with Crippen molar-refractivity contribution in [1.82, 2.24) is 44.3 Å². The normalized spacial score (nSPS) is 14.0. The number of nitrogens with one attached hydrogen (secondary N) is 2. The summed E-state index contributed by atoms with van der Waals surface area (Å²) in [6, 6.07) is 4.93. The quantitative estimate of drug-likeness (QED) is 0.310. The minimum atomic E-state index is -4.70. The molecule has 2 N–H and O–H groups in total. The third kappa shape index (κ3) is 5.43. The molecule has 11 nitrogen and oxygen atoms in total. The lowest BCUT2D eigenvalue weighted by Gasteiger charge is -2.27. The molecule has 0 bridgehead atoms. The Bertz CT molecular complexity index is 1710. The lowest BCUT2D eigenvalue weighted by atomic mass is 10.1. The zero-order valence-corrected chi connectivity index (χ0v) is 22.1. The lowest BCUT2D eigenvalue weighted by Crippen LogP contribution is -2.46. The van der Waals surface area contributed by atoms with Crippen molar-refractivity contribution in [3.63, 3.8) is 0 Å². The fraction of sp³-hybridized carbons (Fsp3) is 0.231. The van der Waals surface area contributed by atoms with Gasteiger partial charge in [0.15, 0.2) is 17.2 Å². The topological polar surface area (TPSA) is 118 Å². The molecule has 1 aliphatic rings. The Balaban J connectivity index is 1.30. The van der Waals surface area contributed by atoms with E-state index in [1.807, 2.05) is 0 Å². The van der Waals surface area contributed by atoms with Gasteiger partial charge in [0.25, 0.3) is 5.91 Å². The number of hydrogen-bond acceptors (Lipinski definition) is 8. The van der Waals surface area contributed by atoms with Crippen LogP contribution in [-0.2, 0) is 12.7 Å². The van der Waals surface area contributed by atoms with Crippen molar-refractivity contribution in [2.24, 2.45) is 0 Å². The number of rotatable bonds is 6. The highest BCUT2D eigenvalue weighted by Crippen LogP contribution is 2.37. The van der Waals surface area contributed by atoms with E-state index in [-0.39, 0.29) is 34.4 Å². The summed E-state index contributed by atoms with van der Waals surface area (Å²) in [6.45, 7) is 2.69. The van der Waals surface area contributed by atoms with E-state index < -0.39 is 11.9 Å². The highest BCUT2D eigenvalue weighted by molar-refractivity contribution is 6.34. The van der Waals surface area contributed by atoms with E-state index in [2.05, 4.69) is 35.7 Å². The number of benzene rings is 1. The van der Waals surface area contributed by atoms with Crippen LogP contribution in [0.5, 0.6) is 0 Å². The van der Waals surface area contributed by atoms with E-state index in [1.165, 1.54) is 52.6 Å². The Morgan fingerprint density at radius 3 is 2.61 bits per heavy atom. The number of anilines is 2. The van der Waals surface area contributed by atoms with Gasteiger partial charge in [0.2, 0.25) is 0 Å². The summed E-state index contributed by atoms with van der Waals surface area (Å²) in [5, 5.41) is 10.4. The average molecular weight is 583 g/mol. The van der Waals surface area contributed by atoms with Crippen LogP contribution in [0.25, 0.3) is 16.9 Å². The first-order valence-corrected chi connectivity index (χ1v) is 12.9. The smallest absolute Gasteiger partial charge is 0.337 e. The van der Waals surface area contributed by atoms with Crippen molar-refractivity contribution >= 4 is 34.7 Å². The molecule has 5 heterocycles. The maximum absolute atomic E-state index is 14.0. The predicted molar refractivity (Wildman–Crippen MR) is 144 cm³/mol. The number of aromatic nitrogens is 7. The molecule has 0 aliphatic carbocycles. The number of piperazine rings is 1. The van der Waals surface area contributed by atoms with Crippen molar-refractivity contribution in [1.29, 1.82) is 0 Å². The van der Waals surface area contributed by atoms with Crippen LogP contribution in [0.4, 0.5) is 24.7 Å². The number of fused-ring (bicyclic) bond motifs is 1. The molecular formula is C26H22ClF3N10O. The Hall–Kier alpha value is -4.56. The Kier molecular flexibility index (Phi) is 7.01. The highest BCUT2D eigenvalue weighted by atomic mass is 35.5. The summed E-state index contributed by atoms with van der Waals surface area (Å²) in [7, 11) is 0. The number of carbonyl (C=O) groups excluding carboxylic acids is 1. The summed E-state index contributed by atoms with van der Waals surface area (Å²) < 4.78 is 44.7. The minimum Gasteiger partial charge on any atom is -0.337 e. The second-order valence-electron chi connectivity index (χ2n) is 9.31. The van der Waals surface area contributed by atoms with E-state index in [4.69, 9.17) is 11.6 Å². The molecule has 0 saturated carbocycles. The summed E-state index contributed by atoms with van der Waals surface area (Å²) >= 11 is 6.46. The van der Waals surface area contributed by atoms with E-state index in [0.29, 0.717) is 35.7 Å². The SMILES string of the molecule is O=C(c1ccc(Nc2nccn3c(-c4cn(Cc5cncnc5)nc4C(F)(F)F)cnc23)cc1Cl)N1CCNCC1. The summed E-state index contributed by atoms with van der Waals surface area (Å²) in [5.74, 6) is 0.139. The van der Waals surface area contributed by atoms with Crippen molar-refractivity contribution in [3.05, 3.63) is 83.6 Å². The molecule has 0 radical (unpaired) electrons. The van der Waals surface area contributed by atoms with Gasteiger partial charge < -0.3 is 15.5 Å². The monoisotopic (exact) mass is 582 g/mol. The molecule has 1 aliphatic heterocycles. The summed E-state index contributed by atoms with van der Waals surface area (Å²) in [6.07, 6.45) is 5.29. The second kappa shape index (κ2) is 10.8. The van der Waals surface area contributed by atoms with Crippen LogP contribution in [0.1, 0.15) is 21.6 Å². The number of amides is 1. The number of hydrogen-bond donors (Lipinski definition) is 2. The van der Waals surface area contributed by atoms with Crippen molar-refractivity contribution in [2.45, 2.75) is 12.7 Å². The zero-order valence-electron chi connectivity index (χ0n) is 21.3. The second-order valence-corrected chi connectivity index (χ2v) is 9.72. The third-order valence-electron chi connectivity index (χ3n) is 6.56. The summed E-state index contributed by atoms with van der Waals surface area (Å²) in [4.78, 5) is 31.1. The van der Waals surface area contributed by atoms with Gasteiger partial charge >= 0.3 is 6.18 Å². The molecule has 0 spiro atoms. The molecule has 1 fully saturated rings. The van der Waals surface area contributed by atoms with Crippen LogP contribution in [0.15, 0.2) is 61.7 Å². The van der Waals surface area contributed by atoms with Gasteiger partial charge in [-0.25, -0.2) is 19.9 Å². The highest BCUT2D eigenvalue weighted by Gasteiger charge is 2.38. The standard InChI is InChI=1S/C26H22ClF3N10O/c27-20-9-17(1-2-18(20)25(41)38-6-3-31-4-7-38)36-23-24-35-12-21(40(24)8-5-34-23)19-14-39(37-22(19)26(28,29)30)13-16-10-32-15-33-11-16/h1-2,5,8-12,14-15,31H,3-4,6-7,13H2,(H,34,36). The molecule has 41 heavy (non-hydrogen) atoms. The number of nitrogens with zero attached hydrogens (tertiary/aromatic N) is 8. The maximum atomic E-state index is 14.0. The molecule has 0 unspecified atom stereocenters. The molecule has 15 heteroatoms. The van der Waals surface area contributed by atoms with Crippen LogP contribution in [-0.4, -0.2) is 71.1 Å². The molecular weight excluding hydrogens is 561 g/mol. The fourth-order valence-electron chi connectivity index (χ4n) is 4.65. The number of imidazole rings is 1. The van der Waals surface area contributed by atoms with Crippen LogP contribution in [0.3, 0.4) is 0 Å². The van der Waals surface area contributed by atoms with Crippen molar-refractivity contribution in [3.8, 4) is 11.3 Å². The Morgan fingerprint density at radius 2 is 1.88 bits per heavy atom. The molecule has 1 aromatic carbocycles. The Labute approximate surface area is 236 Å². The van der Waals surface area contributed by atoms with E-state index in [0.717, 1.165) is 13.1 Å². The van der Waals surface area contributed by atoms with Crippen LogP contribution in [0.2, 0.25) is 5.02 Å². The first kappa shape index (κ1) is 26.7. The largest absolute Gasteiger partial charge is 0.435 e. The molecule has 210 valence electrons. The zero-order chi connectivity index (χ0) is 28.6. The van der Waals surface area contributed by atoms with Gasteiger partial charge in [-0.2, -0.15) is 18.3 Å². The predicted octanol–water partition coefficient (Wildman–Crippen LogP) is 3.89. The van der Waals surface area contributed by atoms with Gasteiger partial charge in [-0.15, -0.1) is 0 Å². The molecule has 6 rings (SSSR count). The molecule has 1 amide bonds. The molecule has 1 saturated heterocycles. The average Bonchev–Trinajstić information content (AvgIpc) is 3.59. The number of halogens is 4. The third-order valence-corrected chi connectivity index (χ3v) is 6.87. The summed E-state index contributed by atoms with van der Waals surface area (Å²) in [5.41, 5.74) is 0.804.